The zero-order valence-corrected chi connectivity index (χ0v) is 9.95. The minimum absolute atomic E-state index is 0.119. The van der Waals surface area contributed by atoms with Crippen LogP contribution in [0.2, 0.25) is 0 Å². The molecule has 0 saturated carbocycles. The SMILES string of the molecule is CCC(CS)CSc1ccccc1F. The fourth-order valence-corrected chi connectivity index (χ4v) is 2.78. The Bertz CT molecular complexity index is 272. The molecular weight excluding hydrogens is 215 g/mol. The lowest BCUT2D eigenvalue weighted by Gasteiger charge is -2.10. The Morgan fingerprint density at radius 1 is 1.43 bits per heavy atom. The molecule has 0 fully saturated rings. The maximum atomic E-state index is 13.2. The predicted octanol–water partition coefficient (Wildman–Crippen LogP) is 3.87. The van der Waals surface area contributed by atoms with Gasteiger partial charge in [-0.2, -0.15) is 12.6 Å². The summed E-state index contributed by atoms with van der Waals surface area (Å²) in [6, 6.07) is 6.91. The number of rotatable bonds is 5. The van der Waals surface area contributed by atoms with E-state index in [2.05, 4.69) is 19.6 Å². The van der Waals surface area contributed by atoms with Gasteiger partial charge in [-0.05, 0) is 23.8 Å². The van der Waals surface area contributed by atoms with Crippen molar-refractivity contribution in [2.45, 2.75) is 18.2 Å². The Labute approximate surface area is 94.7 Å². The van der Waals surface area contributed by atoms with Gasteiger partial charge in [-0.15, -0.1) is 11.8 Å². The Balaban J connectivity index is 2.49. The van der Waals surface area contributed by atoms with Gasteiger partial charge < -0.3 is 0 Å². The van der Waals surface area contributed by atoms with Crippen LogP contribution < -0.4 is 0 Å². The largest absolute Gasteiger partial charge is 0.206 e. The molecule has 0 aliphatic rings. The first-order valence-corrected chi connectivity index (χ1v) is 6.38. The first-order chi connectivity index (χ1) is 6.77. The molecule has 0 N–H and O–H groups in total. The predicted molar refractivity (Wildman–Crippen MR) is 64.8 cm³/mol. The summed E-state index contributed by atoms with van der Waals surface area (Å²) in [7, 11) is 0. The molecule has 1 atom stereocenters. The van der Waals surface area contributed by atoms with Crippen LogP contribution >= 0.6 is 24.4 Å². The molecule has 14 heavy (non-hydrogen) atoms. The van der Waals surface area contributed by atoms with Crippen LogP contribution in [0.3, 0.4) is 0 Å². The minimum atomic E-state index is -0.119. The standard InChI is InChI=1S/C11H15FS2/c1-2-9(7-13)8-14-11-6-4-3-5-10(11)12/h3-6,9,13H,2,7-8H2,1H3. The molecule has 3 heteroatoms. The molecule has 0 aromatic heterocycles. The summed E-state index contributed by atoms with van der Waals surface area (Å²) in [5.41, 5.74) is 0. The third-order valence-corrected chi connectivity index (χ3v) is 3.94. The Kier molecular flexibility index (Phi) is 5.41. The van der Waals surface area contributed by atoms with Gasteiger partial charge in [0, 0.05) is 10.6 Å². The number of hydrogen-bond acceptors (Lipinski definition) is 2. The third-order valence-electron chi connectivity index (χ3n) is 2.15. The molecule has 0 aliphatic heterocycles. The highest BCUT2D eigenvalue weighted by molar-refractivity contribution is 7.99. The van der Waals surface area contributed by atoms with Gasteiger partial charge in [-0.25, -0.2) is 4.39 Å². The van der Waals surface area contributed by atoms with Gasteiger partial charge in [0.25, 0.3) is 0 Å². The molecule has 78 valence electrons. The number of halogens is 1. The van der Waals surface area contributed by atoms with E-state index >= 15 is 0 Å². The van der Waals surface area contributed by atoms with E-state index in [0.29, 0.717) is 5.92 Å². The number of benzene rings is 1. The topological polar surface area (TPSA) is 0 Å². The second-order valence-corrected chi connectivity index (χ2v) is 4.63. The van der Waals surface area contributed by atoms with Crippen LogP contribution in [0.5, 0.6) is 0 Å². The molecule has 0 saturated heterocycles. The highest BCUT2D eigenvalue weighted by atomic mass is 32.2. The average molecular weight is 230 g/mol. The van der Waals surface area contributed by atoms with Crippen LogP contribution in [-0.4, -0.2) is 11.5 Å². The van der Waals surface area contributed by atoms with Crippen molar-refractivity contribution >= 4 is 24.4 Å². The molecule has 1 aromatic rings. The minimum Gasteiger partial charge on any atom is -0.206 e. The lowest BCUT2D eigenvalue weighted by atomic mass is 10.2. The van der Waals surface area contributed by atoms with E-state index in [1.54, 1.807) is 17.8 Å². The van der Waals surface area contributed by atoms with Crippen LogP contribution in [-0.2, 0) is 0 Å². The van der Waals surface area contributed by atoms with Crippen molar-refractivity contribution in [3.8, 4) is 0 Å². The molecule has 0 heterocycles. The summed E-state index contributed by atoms with van der Waals surface area (Å²) < 4.78 is 13.2. The van der Waals surface area contributed by atoms with E-state index in [1.807, 2.05) is 12.1 Å². The molecule has 1 unspecified atom stereocenters. The van der Waals surface area contributed by atoms with Gasteiger partial charge in [-0.1, -0.05) is 25.5 Å². The first kappa shape index (κ1) is 11.9. The van der Waals surface area contributed by atoms with Gasteiger partial charge in [0.15, 0.2) is 0 Å². The van der Waals surface area contributed by atoms with Crippen molar-refractivity contribution in [2.24, 2.45) is 5.92 Å². The Hall–Kier alpha value is -0.150. The van der Waals surface area contributed by atoms with Crippen LogP contribution in [0, 0.1) is 11.7 Å². The fraction of sp³-hybridized carbons (Fsp3) is 0.455. The van der Waals surface area contributed by atoms with Crippen LogP contribution in [0.15, 0.2) is 29.2 Å². The fourth-order valence-electron chi connectivity index (χ4n) is 1.07. The summed E-state index contributed by atoms with van der Waals surface area (Å²) in [4.78, 5) is 0.743. The third kappa shape index (κ3) is 3.54. The summed E-state index contributed by atoms with van der Waals surface area (Å²) in [5, 5.41) is 0. The Morgan fingerprint density at radius 2 is 2.14 bits per heavy atom. The van der Waals surface area contributed by atoms with E-state index in [0.717, 1.165) is 22.8 Å². The molecule has 0 amide bonds. The molecule has 1 aromatic carbocycles. The molecular formula is C11H15FS2. The van der Waals surface area contributed by atoms with E-state index in [9.17, 15) is 4.39 Å². The van der Waals surface area contributed by atoms with Crippen LogP contribution in [0.4, 0.5) is 4.39 Å². The van der Waals surface area contributed by atoms with Crippen molar-refractivity contribution < 1.29 is 4.39 Å². The maximum Gasteiger partial charge on any atom is 0.136 e. The smallest absolute Gasteiger partial charge is 0.136 e. The van der Waals surface area contributed by atoms with Crippen LogP contribution in [0.1, 0.15) is 13.3 Å². The van der Waals surface area contributed by atoms with E-state index in [4.69, 9.17) is 0 Å². The summed E-state index contributed by atoms with van der Waals surface area (Å²) in [5.74, 6) is 2.27. The summed E-state index contributed by atoms with van der Waals surface area (Å²) >= 11 is 5.84. The van der Waals surface area contributed by atoms with Crippen molar-refractivity contribution in [3.63, 3.8) is 0 Å². The normalized spacial score (nSPS) is 12.8. The maximum absolute atomic E-state index is 13.2. The lowest BCUT2D eigenvalue weighted by molar-refractivity contribution is 0.600. The molecule has 0 spiro atoms. The van der Waals surface area contributed by atoms with Gasteiger partial charge >= 0.3 is 0 Å². The van der Waals surface area contributed by atoms with Crippen LogP contribution in [0.25, 0.3) is 0 Å². The second kappa shape index (κ2) is 6.36. The molecule has 0 nitrogen and oxygen atoms in total. The van der Waals surface area contributed by atoms with Crippen molar-refractivity contribution in [2.75, 3.05) is 11.5 Å². The quantitative estimate of drug-likeness (QED) is 0.592. The summed E-state index contributed by atoms with van der Waals surface area (Å²) in [6.07, 6.45) is 1.10. The lowest BCUT2D eigenvalue weighted by Crippen LogP contribution is -2.03. The monoisotopic (exact) mass is 230 g/mol. The van der Waals surface area contributed by atoms with E-state index < -0.39 is 0 Å². The van der Waals surface area contributed by atoms with Gasteiger partial charge in [-0.3, -0.25) is 0 Å². The van der Waals surface area contributed by atoms with Crippen molar-refractivity contribution in [1.82, 2.24) is 0 Å². The van der Waals surface area contributed by atoms with Crippen molar-refractivity contribution in [1.29, 1.82) is 0 Å². The highest BCUT2D eigenvalue weighted by Gasteiger charge is 2.06. The average Bonchev–Trinajstić information content (AvgIpc) is 2.22. The second-order valence-electron chi connectivity index (χ2n) is 3.20. The van der Waals surface area contributed by atoms with Gasteiger partial charge in [0.05, 0.1) is 0 Å². The number of thiol groups is 1. The van der Waals surface area contributed by atoms with E-state index in [-0.39, 0.29) is 5.82 Å². The Morgan fingerprint density at radius 3 is 2.71 bits per heavy atom. The number of hydrogen-bond donors (Lipinski definition) is 1. The summed E-state index contributed by atoms with van der Waals surface area (Å²) in [6.45, 7) is 2.14. The highest BCUT2D eigenvalue weighted by Crippen LogP contribution is 2.24. The van der Waals surface area contributed by atoms with Gasteiger partial charge in [0.2, 0.25) is 0 Å². The number of thioether (sulfide) groups is 1. The van der Waals surface area contributed by atoms with Crippen molar-refractivity contribution in [3.05, 3.63) is 30.1 Å². The molecule has 1 rings (SSSR count). The molecule has 0 bridgehead atoms. The zero-order chi connectivity index (χ0) is 10.4. The zero-order valence-electron chi connectivity index (χ0n) is 8.24. The molecule has 0 radical (unpaired) electrons. The first-order valence-electron chi connectivity index (χ1n) is 4.76. The van der Waals surface area contributed by atoms with Gasteiger partial charge in [0.1, 0.15) is 5.82 Å². The van der Waals surface area contributed by atoms with E-state index in [1.165, 1.54) is 6.07 Å². The molecule has 0 aliphatic carbocycles.